The van der Waals surface area contributed by atoms with Gasteiger partial charge in [0, 0.05) is 29.9 Å². The molecule has 6 heteroatoms. The lowest BCUT2D eigenvalue weighted by atomic mass is 10.1. The van der Waals surface area contributed by atoms with Crippen LogP contribution < -0.4 is 5.32 Å². The highest BCUT2D eigenvalue weighted by Gasteiger charge is 2.22. The molecule has 0 aliphatic rings. The van der Waals surface area contributed by atoms with Gasteiger partial charge in [0.2, 0.25) is 11.8 Å². The van der Waals surface area contributed by atoms with Crippen molar-refractivity contribution in [2.45, 2.75) is 73.9 Å². The largest absolute Gasteiger partial charge is 0.350 e. The Morgan fingerprint density at radius 1 is 1.24 bits per heavy atom. The summed E-state index contributed by atoms with van der Waals surface area (Å²) < 4.78 is 1.98. The topological polar surface area (TPSA) is 67.2 Å². The van der Waals surface area contributed by atoms with Crippen LogP contribution in [0.4, 0.5) is 0 Å². The van der Waals surface area contributed by atoms with Crippen LogP contribution in [0, 0.1) is 19.8 Å². The first-order valence-corrected chi connectivity index (χ1v) is 9.06. The fraction of sp³-hybridized carbons (Fsp3) is 0.737. The molecule has 0 atom stereocenters. The number of carbonyl (C=O) groups is 2. The molecule has 25 heavy (non-hydrogen) atoms. The molecule has 0 radical (unpaired) electrons. The van der Waals surface area contributed by atoms with Gasteiger partial charge in [-0.2, -0.15) is 5.10 Å². The van der Waals surface area contributed by atoms with E-state index in [0.29, 0.717) is 12.5 Å². The van der Waals surface area contributed by atoms with Crippen LogP contribution in [-0.4, -0.2) is 45.1 Å². The fourth-order valence-electron chi connectivity index (χ4n) is 2.78. The standard InChI is InChI=1S/C19H34N4O2/c1-9-22(12-17(24)20-19(6,7)8)18(25)10-16-14(4)21-23(15(16)5)11-13(2)3/h13H,9-12H2,1-8H3,(H,20,24). The molecular weight excluding hydrogens is 316 g/mol. The number of likely N-dealkylation sites (N-methyl/N-ethyl adjacent to an activating group) is 1. The smallest absolute Gasteiger partial charge is 0.240 e. The summed E-state index contributed by atoms with van der Waals surface area (Å²) in [5, 5.41) is 7.47. The predicted molar refractivity (Wildman–Crippen MR) is 100 cm³/mol. The highest BCUT2D eigenvalue weighted by molar-refractivity contribution is 5.86. The zero-order valence-electron chi connectivity index (χ0n) is 17.1. The van der Waals surface area contributed by atoms with E-state index in [1.54, 1.807) is 4.90 Å². The molecular formula is C19H34N4O2. The van der Waals surface area contributed by atoms with Crippen molar-refractivity contribution in [3.63, 3.8) is 0 Å². The first-order valence-electron chi connectivity index (χ1n) is 9.06. The van der Waals surface area contributed by atoms with Gasteiger partial charge < -0.3 is 10.2 Å². The Balaban J connectivity index is 2.82. The quantitative estimate of drug-likeness (QED) is 0.821. The zero-order valence-corrected chi connectivity index (χ0v) is 17.1. The molecule has 0 fully saturated rings. The van der Waals surface area contributed by atoms with E-state index in [9.17, 15) is 9.59 Å². The van der Waals surface area contributed by atoms with E-state index in [4.69, 9.17) is 0 Å². The maximum atomic E-state index is 12.7. The minimum atomic E-state index is -0.301. The predicted octanol–water partition coefficient (Wildman–Crippen LogP) is 2.46. The summed E-state index contributed by atoms with van der Waals surface area (Å²) in [4.78, 5) is 26.4. The third kappa shape index (κ3) is 6.52. The monoisotopic (exact) mass is 350 g/mol. The summed E-state index contributed by atoms with van der Waals surface area (Å²) in [6, 6.07) is 0. The second-order valence-electron chi connectivity index (χ2n) is 8.11. The van der Waals surface area contributed by atoms with Crippen LogP contribution in [0.2, 0.25) is 0 Å². The lowest BCUT2D eigenvalue weighted by Crippen LogP contribution is -2.47. The first-order chi connectivity index (χ1) is 11.4. The van der Waals surface area contributed by atoms with Crippen molar-refractivity contribution in [2.75, 3.05) is 13.1 Å². The molecule has 6 nitrogen and oxygen atoms in total. The van der Waals surface area contributed by atoms with E-state index < -0.39 is 0 Å². The molecule has 0 aliphatic carbocycles. The molecule has 0 unspecified atom stereocenters. The number of rotatable bonds is 7. The molecule has 0 bridgehead atoms. The van der Waals surface area contributed by atoms with Crippen molar-refractivity contribution in [1.29, 1.82) is 0 Å². The Bertz CT molecular complexity index is 612. The van der Waals surface area contributed by atoms with Crippen LogP contribution >= 0.6 is 0 Å². The molecule has 0 spiro atoms. The van der Waals surface area contributed by atoms with Gasteiger partial charge in [-0.15, -0.1) is 0 Å². The molecule has 1 aromatic rings. The van der Waals surface area contributed by atoms with Gasteiger partial charge in [0.15, 0.2) is 0 Å². The number of amides is 2. The second kappa shape index (κ2) is 8.50. The number of nitrogens with one attached hydrogen (secondary N) is 1. The average molecular weight is 351 g/mol. The van der Waals surface area contributed by atoms with E-state index in [1.807, 2.05) is 46.2 Å². The second-order valence-corrected chi connectivity index (χ2v) is 8.11. The minimum absolute atomic E-state index is 0.0399. The van der Waals surface area contributed by atoms with E-state index in [2.05, 4.69) is 24.3 Å². The number of hydrogen-bond acceptors (Lipinski definition) is 3. The lowest BCUT2D eigenvalue weighted by molar-refractivity contribution is -0.135. The number of carbonyl (C=O) groups excluding carboxylic acids is 2. The highest BCUT2D eigenvalue weighted by atomic mass is 16.2. The van der Waals surface area contributed by atoms with E-state index in [1.165, 1.54) is 0 Å². The van der Waals surface area contributed by atoms with E-state index in [0.717, 1.165) is 23.5 Å². The molecule has 0 aliphatic heterocycles. The van der Waals surface area contributed by atoms with Gasteiger partial charge in [-0.25, -0.2) is 0 Å². The molecule has 0 saturated carbocycles. The van der Waals surface area contributed by atoms with Gasteiger partial charge in [-0.05, 0) is 47.5 Å². The van der Waals surface area contributed by atoms with Gasteiger partial charge in [-0.1, -0.05) is 13.8 Å². The summed E-state index contributed by atoms with van der Waals surface area (Å²) in [6.45, 7) is 17.4. The van der Waals surface area contributed by atoms with Crippen molar-refractivity contribution in [3.05, 3.63) is 17.0 Å². The van der Waals surface area contributed by atoms with E-state index >= 15 is 0 Å². The van der Waals surface area contributed by atoms with Crippen molar-refractivity contribution >= 4 is 11.8 Å². The normalized spacial score (nSPS) is 11.7. The summed E-state index contributed by atoms with van der Waals surface area (Å²) >= 11 is 0. The Morgan fingerprint density at radius 3 is 2.32 bits per heavy atom. The maximum Gasteiger partial charge on any atom is 0.240 e. The highest BCUT2D eigenvalue weighted by Crippen LogP contribution is 2.16. The van der Waals surface area contributed by atoms with Crippen LogP contribution in [0.25, 0.3) is 0 Å². The van der Waals surface area contributed by atoms with Crippen molar-refractivity contribution < 1.29 is 9.59 Å². The van der Waals surface area contributed by atoms with Crippen LogP contribution in [-0.2, 0) is 22.6 Å². The maximum absolute atomic E-state index is 12.7. The van der Waals surface area contributed by atoms with Crippen LogP contribution in [0.5, 0.6) is 0 Å². The number of nitrogens with zero attached hydrogens (tertiary/aromatic N) is 3. The molecule has 1 N–H and O–H groups in total. The molecule has 0 saturated heterocycles. The van der Waals surface area contributed by atoms with Crippen LogP contribution in [0.3, 0.4) is 0 Å². The molecule has 0 aromatic carbocycles. The van der Waals surface area contributed by atoms with Gasteiger partial charge in [0.1, 0.15) is 0 Å². The van der Waals surface area contributed by atoms with Gasteiger partial charge >= 0.3 is 0 Å². The Morgan fingerprint density at radius 2 is 1.84 bits per heavy atom. The molecule has 2 amide bonds. The fourth-order valence-corrected chi connectivity index (χ4v) is 2.78. The third-order valence-corrected chi connectivity index (χ3v) is 3.98. The third-order valence-electron chi connectivity index (χ3n) is 3.98. The Hall–Kier alpha value is -1.85. The van der Waals surface area contributed by atoms with Crippen molar-refractivity contribution in [1.82, 2.24) is 20.0 Å². The first kappa shape index (κ1) is 21.2. The van der Waals surface area contributed by atoms with Gasteiger partial charge in [0.25, 0.3) is 0 Å². The summed E-state index contributed by atoms with van der Waals surface area (Å²) in [6.07, 6.45) is 0.284. The van der Waals surface area contributed by atoms with Gasteiger partial charge in [0.05, 0.1) is 18.7 Å². The lowest BCUT2D eigenvalue weighted by Gasteiger charge is -2.25. The van der Waals surface area contributed by atoms with Crippen molar-refractivity contribution in [2.24, 2.45) is 5.92 Å². The average Bonchev–Trinajstić information content (AvgIpc) is 2.69. The van der Waals surface area contributed by atoms with Crippen LogP contribution in [0.15, 0.2) is 0 Å². The number of hydrogen-bond donors (Lipinski definition) is 1. The van der Waals surface area contributed by atoms with E-state index in [-0.39, 0.29) is 30.3 Å². The zero-order chi connectivity index (χ0) is 19.4. The number of aryl methyl sites for hydroxylation is 1. The summed E-state index contributed by atoms with van der Waals surface area (Å²) in [5.74, 6) is 0.322. The van der Waals surface area contributed by atoms with Crippen LogP contribution in [0.1, 0.15) is 58.5 Å². The number of aromatic nitrogens is 2. The molecule has 1 aromatic heterocycles. The summed E-state index contributed by atoms with van der Waals surface area (Å²) in [7, 11) is 0. The van der Waals surface area contributed by atoms with Crippen molar-refractivity contribution in [3.8, 4) is 0 Å². The van der Waals surface area contributed by atoms with Gasteiger partial charge in [-0.3, -0.25) is 14.3 Å². The molecule has 1 heterocycles. The Labute approximate surface area is 152 Å². The minimum Gasteiger partial charge on any atom is -0.350 e. The SMILES string of the molecule is CCN(CC(=O)NC(C)(C)C)C(=O)Cc1c(C)nn(CC(C)C)c1C. The Kier molecular flexibility index (Phi) is 7.20. The molecule has 142 valence electrons. The summed E-state index contributed by atoms with van der Waals surface area (Å²) in [5.41, 5.74) is 2.60. The molecule has 1 rings (SSSR count).